The summed E-state index contributed by atoms with van der Waals surface area (Å²) in [4.78, 5) is 4.70. The van der Waals surface area contributed by atoms with Crippen LogP contribution in [0, 0.1) is 18.8 Å². The predicted molar refractivity (Wildman–Crippen MR) is 69.8 cm³/mol. The molecule has 1 aromatic rings. The van der Waals surface area contributed by atoms with Crippen molar-refractivity contribution in [3.63, 3.8) is 0 Å². The first kappa shape index (κ1) is 12.1. The van der Waals surface area contributed by atoms with Crippen molar-refractivity contribution in [2.45, 2.75) is 45.6 Å². The molecule has 0 aliphatic heterocycles. The van der Waals surface area contributed by atoms with Gasteiger partial charge < -0.3 is 5.32 Å². The maximum absolute atomic E-state index is 4.70. The molecule has 1 aliphatic carbocycles. The zero-order valence-electron chi connectivity index (χ0n) is 10.7. The molecule has 90 valence electrons. The van der Waals surface area contributed by atoms with Gasteiger partial charge in [-0.3, -0.25) is 0 Å². The van der Waals surface area contributed by atoms with Gasteiger partial charge in [0.25, 0.3) is 0 Å². The molecule has 1 fully saturated rings. The molecular weight excluding hydrogens is 216 g/mol. The van der Waals surface area contributed by atoms with E-state index >= 15 is 0 Å². The molecule has 1 aromatic heterocycles. The Morgan fingerprint density at radius 2 is 2.00 bits per heavy atom. The van der Waals surface area contributed by atoms with Gasteiger partial charge in [0, 0.05) is 11.1 Å². The van der Waals surface area contributed by atoms with E-state index in [1.165, 1.54) is 24.3 Å². The van der Waals surface area contributed by atoms with Gasteiger partial charge in [0.1, 0.15) is 5.01 Å². The molecule has 0 radical (unpaired) electrons. The van der Waals surface area contributed by atoms with Crippen molar-refractivity contribution in [3.8, 4) is 0 Å². The fourth-order valence-electron chi connectivity index (χ4n) is 3.19. The second kappa shape index (κ2) is 4.46. The van der Waals surface area contributed by atoms with Crippen LogP contribution in [-0.4, -0.2) is 12.0 Å². The lowest BCUT2D eigenvalue weighted by Gasteiger charge is -2.41. The van der Waals surface area contributed by atoms with Crippen LogP contribution in [0.3, 0.4) is 0 Å². The maximum atomic E-state index is 4.70. The SMILES string of the molecule is CNC1(c2nc(C)cs2)CC(C)CC(C)C1. The fraction of sp³-hybridized carbons (Fsp3) is 0.769. The van der Waals surface area contributed by atoms with E-state index in [9.17, 15) is 0 Å². The van der Waals surface area contributed by atoms with E-state index in [2.05, 4.69) is 38.5 Å². The third kappa shape index (κ3) is 2.16. The zero-order valence-corrected chi connectivity index (χ0v) is 11.5. The van der Waals surface area contributed by atoms with E-state index in [0.29, 0.717) is 0 Å². The smallest absolute Gasteiger partial charge is 0.113 e. The molecule has 0 spiro atoms. The van der Waals surface area contributed by atoms with E-state index in [4.69, 9.17) is 4.98 Å². The van der Waals surface area contributed by atoms with Crippen LogP contribution in [0.1, 0.15) is 43.8 Å². The molecule has 2 nitrogen and oxygen atoms in total. The second-order valence-corrected chi connectivity index (χ2v) is 6.34. The Morgan fingerprint density at radius 1 is 1.38 bits per heavy atom. The summed E-state index contributed by atoms with van der Waals surface area (Å²) in [5.74, 6) is 1.58. The highest BCUT2D eigenvalue weighted by Crippen LogP contribution is 2.43. The molecular formula is C13H22N2S. The third-order valence-electron chi connectivity index (χ3n) is 3.71. The van der Waals surface area contributed by atoms with Crippen LogP contribution in [0.4, 0.5) is 0 Å². The lowest BCUT2D eigenvalue weighted by Crippen LogP contribution is -2.45. The molecule has 3 heteroatoms. The van der Waals surface area contributed by atoms with E-state index in [0.717, 1.165) is 17.5 Å². The predicted octanol–water partition coefficient (Wildman–Crippen LogP) is 3.32. The maximum Gasteiger partial charge on any atom is 0.113 e. The minimum atomic E-state index is 0.135. The van der Waals surface area contributed by atoms with Gasteiger partial charge in [-0.05, 0) is 45.1 Å². The van der Waals surface area contributed by atoms with E-state index in [-0.39, 0.29) is 5.54 Å². The Morgan fingerprint density at radius 3 is 2.44 bits per heavy atom. The highest BCUT2D eigenvalue weighted by molar-refractivity contribution is 7.09. The molecule has 2 atom stereocenters. The normalized spacial score (nSPS) is 35.2. The Balaban J connectivity index is 2.31. The molecule has 0 amide bonds. The summed E-state index contributed by atoms with van der Waals surface area (Å²) < 4.78 is 0. The van der Waals surface area contributed by atoms with E-state index < -0.39 is 0 Å². The minimum Gasteiger partial charge on any atom is -0.308 e. The number of hydrogen-bond donors (Lipinski definition) is 1. The Labute approximate surface area is 102 Å². The number of hydrogen-bond acceptors (Lipinski definition) is 3. The summed E-state index contributed by atoms with van der Waals surface area (Å²) in [5, 5.41) is 7.00. The number of nitrogens with one attached hydrogen (secondary N) is 1. The molecule has 0 aromatic carbocycles. The van der Waals surface area contributed by atoms with Gasteiger partial charge in [-0.25, -0.2) is 4.98 Å². The van der Waals surface area contributed by atoms with Crippen LogP contribution in [0.5, 0.6) is 0 Å². The van der Waals surface area contributed by atoms with E-state index in [1.807, 2.05) is 11.3 Å². The largest absolute Gasteiger partial charge is 0.308 e. The summed E-state index contributed by atoms with van der Waals surface area (Å²) in [6.07, 6.45) is 3.80. The number of aromatic nitrogens is 1. The van der Waals surface area contributed by atoms with Gasteiger partial charge in [-0.1, -0.05) is 13.8 Å². The van der Waals surface area contributed by atoms with Gasteiger partial charge in [-0.15, -0.1) is 11.3 Å². The molecule has 1 aliphatic rings. The minimum absolute atomic E-state index is 0.135. The summed E-state index contributed by atoms with van der Waals surface area (Å²) in [6.45, 7) is 6.81. The number of rotatable bonds is 2. The number of thiazole rings is 1. The third-order valence-corrected chi connectivity index (χ3v) is 4.87. The van der Waals surface area contributed by atoms with Crippen LogP contribution in [0.15, 0.2) is 5.38 Å². The highest BCUT2D eigenvalue weighted by atomic mass is 32.1. The zero-order chi connectivity index (χ0) is 11.8. The first-order valence-electron chi connectivity index (χ1n) is 6.17. The molecule has 2 unspecified atom stereocenters. The number of aryl methyl sites for hydroxylation is 1. The molecule has 0 bridgehead atoms. The van der Waals surface area contributed by atoms with Crippen LogP contribution >= 0.6 is 11.3 Å². The van der Waals surface area contributed by atoms with E-state index in [1.54, 1.807) is 0 Å². The number of nitrogens with zero attached hydrogens (tertiary/aromatic N) is 1. The Bertz CT molecular complexity index is 349. The summed E-state index contributed by atoms with van der Waals surface area (Å²) in [5.41, 5.74) is 1.29. The lowest BCUT2D eigenvalue weighted by molar-refractivity contribution is 0.152. The first-order chi connectivity index (χ1) is 7.55. The molecule has 1 saturated carbocycles. The van der Waals surface area contributed by atoms with Crippen LogP contribution in [-0.2, 0) is 5.54 Å². The monoisotopic (exact) mass is 238 g/mol. The molecule has 1 heterocycles. The van der Waals surface area contributed by atoms with Crippen molar-refractivity contribution in [2.24, 2.45) is 11.8 Å². The van der Waals surface area contributed by atoms with Crippen molar-refractivity contribution in [2.75, 3.05) is 7.05 Å². The second-order valence-electron chi connectivity index (χ2n) is 5.48. The topological polar surface area (TPSA) is 24.9 Å². The van der Waals surface area contributed by atoms with Crippen molar-refractivity contribution in [3.05, 3.63) is 16.1 Å². The Hall–Kier alpha value is -0.410. The average Bonchev–Trinajstić information content (AvgIpc) is 2.63. The Kier molecular flexibility index (Phi) is 3.36. The molecule has 0 saturated heterocycles. The van der Waals surface area contributed by atoms with Gasteiger partial charge >= 0.3 is 0 Å². The van der Waals surface area contributed by atoms with Crippen molar-refractivity contribution in [1.29, 1.82) is 0 Å². The molecule has 2 rings (SSSR count). The van der Waals surface area contributed by atoms with Crippen LogP contribution in [0.25, 0.3) is 0 Å². The van der Waals surface area contributed by atoms with Gasteiger partial charge in [0.05, 0.1) is 5.54 Å². The van der Waals surface area contributed by atoms with Gasteiger partial charge in [0.15, 0.2) is 0 Å². The van der Waals surface area contributed by atoms with Crippen molar-refractivity contribution < 1.29 is 0 Å². The van der Waals surface area contributed by atoms with Crippen molar-refractivity contribution >= 4 is 11.3 Å². The summed E-state index contributed by atoms with van der Waals surface area (Å²) in [7, 11) is 2.08. The fourth-order valence-corrected chi connectivity index (χ4v) is 4.21. The van der Waals surface area contributed by atoms with Gasteiger partial charge in [0.2, 0.25) is 0 Å². The molecule has 16 heavy (non-hydrogen) atoms. The van der Waals surface area contributed by atoms with Crippen LogP contribution in [0.2, 0.25) is 0 Å². The van der Waals surface area contributed by atoms with Crippen molar-refractivity contribution in [1.82, 2.24) is 10.3 Å². The highest BCUT2D eigenvalue weighted by Gasteiger charge is 2.40. The molecule has 1 N–H and O–H groups in total. The lowest BCUT2D eigenvalue weighted by atomic mass is 9.72. The quantitative estimate of drug-likeness (QED) is 0.855. The summed E-state index contributed by atoms with van der Waals surface area (Å²) >= 11 is 1.81. The van der Waals surface area contributed by atoms with Gasteiger partial charge in [-0.2, -0.15) is 0 Å². The summed E-state index contributed by atoms with van der Waals surface area (Å²) in [6, 6.07) is 0. The van der Waals surface area contributed by atoms with Crippen LogP contribution < -0.4 is 5.32 Å². The standard InChI is InChI=1S/C13H22N2S/c1-9-5-10(2)7-13(6-9,14-4)12-15-11(3)8-16-12/h8-10,14H,5-7H2,1-4H3. The average molecular weight is 238 g/mol. The first-order valence-corrected chi connectivity index (χ1v) is 7.05.